The van der Waals surface area contributed by atoms with Crippen molar-refractivity contribution in [2.75, 3.05) is 6.61 Å². The molecular formula is C4H10N4NaO2. The zero-order valence-electron chi connectivity index (χ0n) is 6.68. The van der Waals surface area contributed by atoms with E-state index in [1.165, 1.54) is 0 Å². The summed E-state index contributed by atoms with van der Waals surface area (Å²) in [5, 5.41) is 2.54. The molecule has 0 saturated carbocycles. The number of carbonyl (C=O) groups excluding carboxylic acids is 1. The van der Waals surface area contributed by atoms with Gasteiger partial charge in [0.25, 0.3) is 0 Å². The summed E-state index contributed by atoms with van der Waals surface area (Å²) in [6, 6.07) is -0.781. The molecule has 11 heavy (non-hydrogen) atoms. The number of carbonyl (C=O) groups is 1. The topological polar surface area (TPSA) is 86.6 Å². The second-order valence-corrected chi connectivity index (χ2v) is 1.49. The Labute approximate surface area is 86.8 Å². The standard InChI is InChI=1S/C4H10N4O2.Na/c1-2-3-10-8-7-4(9)6-5;/h5,8H,2-3H2,1H3,(H,7,9);. The maximum absolute atomic E-state index is 10.2. The molecular weight excluding hydrogens is 159 g/mol. The largest absolute Gasteiger partial charge is 0.375 e. The van der Waals surface area contributed by atoms with Gasteiger partial charge in [0.1, 0.15) is 0 Å². The van der Waals surface area contributed by atoms with Crippen LogP contribution in [0.4, 0.5) is 4.79 Å². The molecule has 0 heterocycles. The second kappa shape index (κ2) is 9.99. The van der Waals surface area contributed by atoms with Gasteiger partial charge in [-0.2, -0.15) is 5.53 Å². The van der Waals surface area contributed by atoms with E-state index >= 15 is 0 Å². The summed E-state index contributed by atoms with van der Waals surface area (Å²) in [4.78, 5) is 14.8. The first-order valence-electron chi connectivity index (χ1n) is 2.85. The fourth-order valence-corrected chi connectivity index (χ4v) is 0.261. The van der Waals surface area contributed by atoms with Gasteiger partial charge in [-0.25, -0.2) is 10.2 Å². The summed E-state index contributed by atoms with van der Waals surface area (Å²) < 4.78 is 0. The Morgan fingerprint density at radius 3 is 2.82 bits per heavy atom. The summed E-state index contributed by atoms with van der Waals surface area (Å²) in [6.45, 7) is 2.43. The maximum atomic E-state index is 10.2. The minimum Gasteiger partial charge on any atom is -0.282 e. The Bertz CT molecular complexity index is 121. The molecule has 0 aliphatic rings. The first-order chi connectivity index (χ1) is 4.81. The van der Waals surface area contributed by atoms with Crippen LogP contribution in [0, 0.1) is 5.53 Å². The summed E-state index contributed by atoms with van der Waals surface area (Å²) in [6.07, 6.45) is 0.848. The molecule has 0 fully saturated rings. The van der Waals surface area contributed by atoms with Crippen LogP contribution in [-0.2, 0) is 4.84 Å². The smallest absolute Gasteiger partial charge is 0.282 e. The number of urea groups is 1. The summed E-state index contributed by atoms with van der Waals surface area (Å²) in [5.74, 6) is 0. The molecule has 59 valence electrons. The van der Waals surface area contributed by atoms with Crippen LogP contribution in [0.1, 0.15) is 13.3 Å². The van der Waals surface area contributed by atoms with E-state index in [4.69, 9.17) is 5.53 Å². The van der Waals surface area contributed by atoms with E-state index in [9.17, 15) is 4.79 Å². The zero-order chi connectivity index (χ0) is 7.82. The van der Waals surface area contributed by atoms with Gasteiger partial charge >= 0.3 is 6.03 Å². The zero-order valence-corrected chi connectivity index (χ0v) is 8.68. The van der Waals surface area contributed by atoms with Crippen molar-refractivity contribution in [2.45, 2.75) is 13.3 Å². The normalized spacial score (nSPS) is 8.09. The number of hydrogen-bond acceptors (Lipinski definition) is 4. The van der Waals surface area contributed by atoms with Gasteiger partial charge in [0.2, 0.25) is 0 Å². The predicted molar refractivity (Wildman–Crippen MR) is 38.8 cm³/mol. The van der Waals surface area contributed by atoms with E-state index in [2.05, 4.69) is 15.5 Å². The number of hydrogen-bond donors (Lipinski definition) is 3. The molecule has 0 aromatic heterocycles. The monoisotopic (exact) mass is 169 g/mol. The van der Waals surface area contributed by atoms with E-state index in [0.717, 1.165) is 6.42 Å². The fraction of sp³-hybridized carbons (Fsp3) is 0.750. The molecule has 0 aromatic carbocycles. The number of rotatable bonds is 4. The quantitative estimate of drug-likeness (QED) is 0.243. The molecule has 6 nitrogen and oxygen atoms in total. The summed E-state index contributed by atoms with van der Waals surface area (Å²) in [5.41, 5.74) is 10.3. The Kier molecular flexibility index (Phi) is 12.3. The fourth-order valence-electron chi connectivity index (χ4n) is 0.261. The molecule has 0 aromatic rings. The number of nitrogens with zero attached hydrogens (tertiary/aromatic N) is 1. The van der Waals surface area contributed by atoms with Crippen molar-refractivity contribution in [1.82, 2.24) is 11.0 Å². The van der Waals surface area contributed by atoms with Crippen molar-refractivity contribution in [3.8, 4) is 0 Å². The number of hydrazine groups is 1. The minimum absolute atomic E-state index is 0. The van der Waals surface area contributed by atoms with Crippen LogP contribution in [0.15, 0.2) is 5.11 Å². The van der Waals surface area contributed by atoms with E-state index < -0.39 is 6.03 Å². The second-order valence-electron chi connectivity index (χ2n) is 1.49. The molecule has 0 saturated heterocycles. The Balaban J connectivity index is 0. The van der Waals surface area contributed by atoms with Gasteiger partial charge in [-0.15, -0.1) is 5.59 Å². The third-order valence-electron chi connectivity index (χ3n) is 0.638. The van der Waals surface area contributed by atoms with Crippen molar-refractivity contribution in [2.24, 2.45) is 5.11 Å². The van der Waals surface area contributed by atoms with Crippen LogP contribution in [0.25, 0.3) is 0 Å². The van der Waals surface area contributed by atoms with Crippen molar-refractivity contribution in [3.63, 3.8) is 0 Å². The Hall–Kier alpha value is -0.0100. The first kappa shape index (κ1) is 13.6. The van der Waals surface area contributed by atoms with Crippen LogP contribution in [0.5, 0.6) is 0 Å². The van der Waals surface area contributed by atoms with Crippen molar-refractivity contribution < 1.29 is 9.63 Å². The maximum Gasteiger partial charge on any atom is 0.375 e. The molecule has 0 aliphatic carbocycles. The molecule has 0 spiro atoms. The van der Waals surface area contributed by atoms with E-state index in [1.807, 2.05) is 12.3 Å². The predicted octanol–water partition coefficient (Wildman–Crippen LogP) is 0.192. The van der Waals surface area contributed by atoms with Crippen molar-refractivity contribution in [1.29, 1.82) is 5.53 Å². The Morgan fingerprint density at radius 1 is 1.73 bits per heavy atom. The third kappa shape index (κ3) is 9.99. The molecule has 2 amide bonds. The molecule has 3 N–H and O–H groups in total. The summed E-state index contributed by atoms with van der Waals surface area (Å²) in [7, 11) is 0. The van der Waals surface area contributed by atoms with E-state index in [0.29, 0.717) is 6.61 Å². The van der Waals surface area contributed by atoms with Crippen LogP contribution < -0.4 is 11.0 Å². The number of amides is 2. The van der Waals surface area contributed by atoms with Crippen molar-refractivity contribution in [3.05, 3.63) is 0 Å². The van der Waals surface area contributed by atoms with Crippen LogP contribution in [0.3, 0.4) is 0 Å². The van der Waals surface area contributed by atoms with E-state index in [-0.39, 0.29) is 29.6 Å². The van der Waals surface area contributed by atoms with Crippen LogP contribution >= 0.6 is 0 Å². The average Bonchev–Trinajstić information content (AvgIpc) is 1.98. The molecule has 0 aliphatic heterocycles. The minimum atomic E-state index is -0.781. The third-order valence-corrected chi connectivity index (χ3v) is 0.638. The first-order valence-corrected chi connectivity index (χ1v) is 2.85. The summed E-state index contributed by atoms with van der Waals surface area (Å²) >= 11 is 0. The van der Waals surface area contributed by atoms with E-state index in [1.54, 1.807) is 0 Å². The van der Waals surface area contributed by atoms with Crippen LogP contribution in [0.2, 0.25) is 0 Å². The molecule has 0 bridgehead atoms. The van der Waals surface area contributed by atoms with Gasteiger partial charge in [-0.3, -0.25) is 4.84 Å². The van der Waals surface area contributed by atoms with Gasteiger partial charge in [-0.1, -0.05) is 12.0 Å². The van der Waals surface area contributed by atoms with Gasteiger partial charge in [0.05, 0.1) is 6.61 Å². The average molecular weight is 169 g/mol. The van der Waals surface area contributed by atoms with Gasteiger partial charge in [0.15, 0.2) is 0 Å². The van der Waals surface area contributed by atoms with Gasteiger partial charge in [0, 0.05) is 29.6 Å². The molecule has 0 rings (SSSR count). The molecule has 0 unspecified atom stereocenters. The van der Waals surface area contributed by atoms with Gasteiger partial charge in [-0.05, 0) is 6.42 Å². The van der Waals surface area contributed by atoms with Crippen molar-refractivity contribution >= 4 is 35.6 Å². The van der Waals surface area contributed by atoms with Gasteiger partial charge < -0.3 is 0 Å². The number of nitrogens with one attached hydrogen (secondary N) is 3. The van der Waals surface area contributed by atoms with Crippen LogP contribution in [-0.4, -0.2) is 42.2 Å². The molecule has 7 heteroatoms. The SMILES string of the molecule is CCCONNC(=O)N=N.[Na]. The molecule has 1 radical (unpaired) electrons. The molecule has 0 atom stereocenters. The Morgan fingerprint density at radius 2 is 2.36 bits per heavy atom.